The highest BCUT2D eigenvalue weighted by molar-refractivity contribution is 5.92. The van der Waals surface area contributed by atoms with Crippen molar-refractivity contribution >= 4 is 53.2 Å². The van der Waals surface area contributed by atoms with Crippen LogP contribution >= 0.6 is 0 Å². The van der Waals surface area contributed by atoms with Gasteiger partial charge >= 0.3 is 0 Å². The van der Waals surface area contributed by atoms with Crippen LogP contribution in [0.15, 0.2) is 0 Å². The van der Waals surface area contributed by atoms with E-state index in [4.69, 9.17) is 33.2 Å². The molecule has 34 heteroatoms. The molecule has 592 valence electrons. The molecule has 2 aliphatic rings. The number of nitrogens with one attached hydrogen (secondary N) is 9. The predicted octanol–water partition coefficient (Wildman–Crippen LogP) is -2.27. The lowest BCUT2D eigenvalue weighted by molar-refractivity contribution is -0.270. The van der Waals surface area contributed by atoms with Crippen molar-refractivity contribution in [2.75, 3.05) is 73.0 Å². The molecular weight excluding hydrogens is 1340 g/mol. The van der Waals surface area contributed by atoms with Crippen LogP contribution in [0.4, 0.5) is 0 Å². The minimum absolute atomic E-state index is 0.0175. The molecule has 0 saturated carbocycles. The van der Waals surface area contributed by atoms with E-state index in [1.807, 2.05) is 27.7 Å². The molecule has 18 N–H and O–H groups in total. The summed E-state index contributed by atoms with van der Waals surface area (Å²) in [7, 11) is 1.58. The predicted molar refractivity (Wildman–Crippen MR) is 368 cm³/mol. The van der Waals surface area contributed by atoms with Crippen LogP contribution in [0.2, 0.25) is 0 Å². The van der Waals surface area contributed by atoms with Crippen molar-refractivity contribution in [2.45, 2.75) is 306 Å². The highest BCUT2D eigenvalue weighted by atomic mass is 16.7. The van der Waals surface area contributed by atoms with Crippen molar-refractivity contribution in [1.82, 2.24) is 47.9 Å². The normalized spacial score (nSPS) is 22.5. The van der Waals surface area contributed by atoms with Gasteiger partial charge in [0.05, 0.1) is 43.7 Å². The molecule has 34 nitrogen and oxygen atoms in total. The standard InChI is InChI=1S/C68H125N9O25/c1-42(82)49(39-79)100-64(48(38-78)72-43(2)83)97-35-23-11-15-28-52(86)70-33-22-19-27-47(75-54(88)30-17-13-25-37-99-66-57(74-45(4)85)61(93)59(91)51(41-81)102-66)63(95)76-46(62(94)71-34-20-10-14-31-55(89)77-67(5,6)68(7,8)96-9)26-18-21-32-69-53(87)29-16-12-24-36-98-65-56(73-44(3)84)60(92)58(90)50(40-80)101-65/h42,46-51,56-61,64-66,78-82,90-93H,10-41H2,1-9H3,(H,69,87)(H,70,86)(H,71,94)(H,72,83)(H,73,84)(H,74,85)(H,75,88)(H,76,95)(H,77,89)/t42-,46?,47?,48+,49?,50?,51?,56?,57?,58?,59?,60?,61?,64?,65?,66?/m1/s1. The van der Waals surface area contributed by atoms with Crippen molar-refractivity contribution in [3.05, 3.63) is 0 Å². The molecule has 0 aromatic carbocycles. The van der Waals surface area contributed by atoms with Crippen LogP contribution in [0.1, 0.15) is 197 Å². The average Bonchev–Trinajstić information content (AvgIpc) is 0.819. The van der Waals surface area contributed by atoms with Crippen LogP contribution in [0.25, 0.3) is 0 Å². The Morgan fingerprint density at radius 2 is 0.912 bits per heavy atom. The molecule has 0 aliphatic carbocycles. The zero-order valence-electron chi connectivity index (χ0n) is 61.4. The first-order valence-electron chi connectivity index (χ1n) is 36.1. The first-order chi connectivity index (χ1) is 48.4. The highest BCUT2D eigenvalue weighted by Crippen LogP contribution is 2.27. The zero-order valence-corrected chi connectivity index (χ0v) is 61.4. The zero-order chi connectivity index (χ0) is 76.4. The molecule has 2 saturated heterocycles. The SMILES string of the molecule is COC(C)(C)C(C)(C)NC(=O)CCCCCNC(=O)C(CCCCNC(=O)CCCCCOC1OC(CO)C(O)C(O)C1NC(C)=O)NC(=O)C(CCCCNC(=O)CCCCCOC(OC(CO)[C@@H](C)O)[C@H](CO)NC(C)=O)NC(=O)CCCCCOC1OC(CO)C(O)C(O)C1NC(C)=O. The van der Waals surface area contributed by atoms with Gasteiger partial charge in [0.1, 0.15) is 72.9 Å². The first kappa shape index (κ1) is 92.7. The van der Waals surface area contributed by atoms with Crippen molar-refractivity contribution in [1.29, 1.82) is 0 Å². The summed E-state index contributed by atoms with van der Waals surface area (Å²) in [5.41, 5.74) is -1.29. The van der Waals surface area contributed by atoms with Gasteiger partial charge in [-0.1, -0.05) is 25.7 Å². The van der Waals surface area contributed by atoms with E-state index < -0.39 is 171 Å². The summed E-state index contributed by atoms with van der Waals surface area (Å²) < 4.78 is 39.9. The molecule has 14 unspecified atom stereocenters. The number of methoxy groups -OCH3 is 1. The maximum Gasteiger partial charge on any atom is 0.243 e. The number of hydrogen-bond donors (Lipinski definition) is 18. The van der Waals surface area contributed by atoms with Gasteiger partial charge in [0.25, 0.3) is 0 Å². The molecule has 0 aromatic heterocycles. The quantitative estimate of drug-likeness (QED) is 0.0225. The second-order valence-corrected chi connectivity index (χ2v) is 27.2. The van der Waals surface area contributed by atoms with Crippen LogP contribution < -0.4 is 47.9 Å². The molecule has 0 aromatic rings. The Hall–Kier alpha value is -5.41. The summed E-state index contributed by atoms with van der Waals surface area (Å²) in [4.78, 5) is 116. The van der Waals surface area contributed by atoms with E-state index in [-0.39, 0.29) is 95.7 Å². The van der Waals surface area contributed by atoms with Gasteiger partial charge in [0, 0.05) is 93.0 Å². The summed E-state index contributed by atoms with van der Waals surface area (Å²) >= 11 is 0. The smallest absolute Gasteiger partial charge is 0.243 e. The Labute approximate surface area is 600 Å². The molecule has 0 bridgehead atoms. The molecule has 102 heavy (non-hydrogen) atoms. The number of unbranched alkanes of at least 4 members (excludes halogenated alkanes) is 10. The Morgan fingerprint density at radius 1 is 0.480 bits per heavy atom. The minimum atomic E-state index is -1.49. The largest absolute Gasteiger partial charge is 0.394 e. The molecule has 16 atom stereocenters. The van der Waals surface area contributed by atoms with E-state index in [9.17, 15) is 89.1 Å². The Morgan fingerprint density at radius 3 is 1.34 bits per heavy atom. The van der Waals surface area contributed by atoms with Gasteiger partial charge in [-0.15, -0.1) is 0 Å². The molecule has 9 amide bonds. The second-order valence-electron chi connectivity index (χ2n) is 27.2. The third-order valence-electron chi connectivity index (χ3n) is 18.0. The number of carbonyl (C=O) groups is 9. The number of ether oxygens (including phenoxy) is 7. The Bertz CT molecular complexity index is 2450. The van der Waals surface area contributed by atoms with E-state index in [2.05, 4.69) is 47.9 Å². The van der Waals surface area contributed by atoms with Crippen LogP contribution in [-0.2, 0) is 76.3 Å². The molecule has 2 heterocycles. The van der Waals surface area contributed by atoms with Crippen LogP contribution in [0.3, 0.4) is 0 Å². The van der Waals surface area contributed by atoms with E-state index in [0.29, 0.717) is 103 Å². The van der Waals surface area contributed by atoms with E-state index >= 15 is 0 Å². The maximum absolute atomic E-state index is 14.4. The van der Waals surface area contributed by atoms with Gasteiger partial charge in [-0.05, 0) is 125 Å². The van der Waals surface area contributed by atoms with E-state index in [1.54, 1.807) is 7.11 Å². The van der Waals surface area contributed by atoms with Crippen LogP contribution in [-0.4, -0.2) is 281 Å². The molecule has 2 aliphatic heterocycles. The molecular formula is C68H125N9O25. The first-order valence-corrected chi connectivity index (χ1v) is 36.1. The Kier molecular flexibility index (Phi) is 46.3. The molecule has 0 radical (unpaired) electrons. The van der Waals surface area contributed by atoms with Crippen molar-refractivity contribution in [3.8, 4) is 0 Å². The minimum Gasteiger partial charge on any atom is -0.394 e. The average molecular weight is 1470 g/mol. The highest BCUT2D eigenvalue weighted by Gasteiger charge is 2.47. The van der Waals surface area contributed by atoms with E-state index in [1.165, 1.54) is 27.7 Å². The van der Waals surface area contributed by atoms with Gasteiger partial charge in [0.2, 0.25) is 53.2 Å². The number of carbonyl (C=O) groups excluding carboxylic acids is 9. The molecule has 2 fully saturated rings. The monoisotopic (exact) mass is 1470 g/mol. The number of hydrogen-bond acceptors (Lipinski definition) is 25. The molecule has 2 rings (SSSR count). The van der Waals surface area contributed by atoms with Gasteiger partial charge in [-0.25, -0.2) is 0 Å². The lowest BCUT2D eigenvalue weighted by atomic mass is 9.85. The Balaban J connectivity index is 2.15. The van der Waals surface area contributed by atoms with E-state index in [0.717, 1.165) is 0 Å². The fourth-order valence-electron chi connectivity index (χ4n) is 11.1. The number of rotatable bonds is 55. The summed E-state index contributed by atoms with van der Waals surface area (Å²) in [6.45, 7) is 11.4. The van der Waals surface area contributed by atoms with Crippen molar-refractivity contribution in [3.63, 3.8) is 0 Å². The topological polar surface area (TPSA) is 509 Å². The van der Waals surface area contributed by atoms with Gasteiger partial charge in [0.15, 0.2) is 18.9 Å². The summed E-state index contributed by atoms with van der Waals surface area (Å²) in [6.07, 6.45) is -5.55. The number of aliphatic hydroxyl groups is 9. The summed E-state index contributed by atoms with van der Waals surface area (Å²) in [5, 5.41) is 116. The number of amides is 9. The van der Waals surface area contributed by atoms with Crippen molar-refractivity contribution in [2.24, 2.45) is 0 Å². The van der Waals surface area contributed by atoms with Crippen molar-refractivity contribution < 1.29 is 122 Å². The molecule has 0 spiro atoms. The van der Waals surface area contributed by atoms with Crippen LogP contribution in [0.5, 0.6) is 0 Å². The lowest BCUT2D eigenvalue weighted by Gasteiger charge is -2.42. The van der Waals surface area contributed by atoms with Gasteiger partial charge in [-0.2, -0.15) is 0 Å². The van der Waals surface area contributed by atoms with Gasteiger partial charge < -0.3 is 127 Å². The van der Waals surface area contributed by atoms with Crippen LogP contribution in [0, 0.1) is 0 Å². The lowest BCUT2D eigenvalue weighted by Crippen LogP contribution is -2.64. The fourth-order valence-corrected chi connectivity index (χ4v) is 11.1. The third kappa shape index (κ3) is 36.1. The van der Waals surface area contributed by atoms with Gasteiger partial charge in [-0.3, -0.25) is 43.2 Å². The second kappa shape index (κ2) is 50.9. The number of aliphatic hydroxyl groups excluding tert-OH is 9. The summed E-state index contributed by atoms with van der Waals surface area (Å²) in [6, 6.07) is -5.39. The third-order valence-corrected chi connectivity index (χ3v) is 18.0. The fraction of sp³-hybridized carbons (Fsp3) is 0.868. The maximum atomic E-state index is 14.4. The summed E-state index contributed by atoms with van der Waals surface area (Å²) in [5.74, 6) is -3.63.